The molecule has 3 N–H and O–H groups in total. The Morgan fingerprint density at radius 2 is 1.77 bits per heavy atom. The van der Waals surface area contributed by atoms with Crippen LogP contribution in [0.4, 0.5) is 0 Å². The molecule has 4 amide bonds. The fraction of sp³-hybridized carbons (Fsp3) is 0.692. The number of nitrogens with one attached hydrogen (secondary N) is 3. The number of carbonyl (C=O) groups excluding carboxylic acids is 5. The van der Waals surface area contributed by atoms with Gasteiger partial charge < -0.3 is 35.2 Å². The lowest BCUT2D eigenvalue weighted by Gasteiger charge is -2.36. The molecule has 5 aliphatic rings. The summed E-state index contributed by atoms with van der Waals surface area (Å²) in [5.74, 6) is -0.182. The van der Waals surface area contributed by atoms with Gasteiger partial charge in [-0.05, 0) is 67.8 Å². The van der Waals surface area contributed by atoms with Crippen LogP contribution in [-0.2, 0) is 28.8 Å². The number of carbonyl (C=O) groups is 5. The number of halogens is 1. The molecule has 0 aromatic heterocycles. The molecule has 7 atom stereocenters. The first kappa shape index (κ1) is 38.8. The second kappa shape index (κ2) is 15.5. The molecule has 6 rings (SSSR count). The van der Waals surface area contributed by atoms with Gasteiger partial charge >= 0.3 is 0 Å². The number of Topliss-reactive ketones (excluding diaryl/α,β-unsaturated/α-hetero) is 1. The monoisotopic (exact) mass is 755 g/mol. The molecule has 1 saturated heterocycles. The quantitative estimate of drug-likeness (QED) is 0.237. The van der Waals surface area contributed by atoms with Crippen molar-refractivity contribution in [1.29, 1.82) is 0 Å². The normalized spacial score (nSPS) is 27.2. The second-order valence-corrected chi connectivity index (χ2v) is 17.2. The summed E-state index contributed by atoms with van der Waals surface area (Å²) >= 11 is 6.49. The third-order valence-corrected chi connectivity index (χ3v) is 12.0. The minimum Gasteiger partial charge on any atom is -0.496 e. The summed E-state index contributed by atoms with van der Waals surface area (Å²) in [6.45, 7) is 7.51. The molecule has 0 radical (unpaired) electrons. The average molecular weight is 756 g/mol. The molecule has 3 aliphatic carbocycles. The number of ketones is 1. The highest BCUT2D eigenvalue weighted by Crippen LogP contribution is 2.49. The molecule has 1 aromatic carbocycles. The average Bonchev–Trinajstić information content (AvgIpc) is 3.44. The maximum Gasteiger partial charge on any atom is 0.289 e. The van der Waals surface area contributed by atoms with Crippen LogP contribution < -0.4 is 25.4 Å². The number of benzene rings is 1. The lowest BCUT2D eigenvalue weighted by molar-refractivity contribution is -0.145. The summed E-state index contributed by atoms with van der Waals surface area (Å²) < 4.78 is 11.0. The largest absolute Gasteiger partial charge is 0.496 e. The van der Waals surface area contributed by atoms with Crippen molar-refractivity contribution in [2.45, 2.75) is 128 Å². The zero-order valence-corrected chi connectivity index (χ0v) is 32.5. The van der Waals surface area contributed by atoms with Gasteiger partial charge in [0.05, 0.1) is 37.5 Å². The van der Waals surface area contributed by atoms with Gasteiger partial charge in [-0.3, -0.25) is 24.0 Å². The number of fused-ring (bicyclic) bond motifs is 2. The molecule has 13 nitrogen and oxygen atoms in total. The van der Waals surface area contributed by atoms with E-state index in [1.165, 1.54) is 32.0 Å². The highest BCUT2D eigenvalue weighted by Gasteiger charge is 2.56. The van der Waals surface area contributed by atoms with Crippen molar-refractivity contribution in [3.8, 4) is 11.5 Å². The summed E-state index contributed by atoms with van der Waals surface area (Å²) in [6, 6.07) is 0.221. The van der Waals surface area contributed by atoms with Gasteiger partial charge in [-0.2, -0.15) is 0 Å². The van der Waals surface area contributed by atoms with Gasteiger partial charge in [0.2, 0.25) is 23.5 Å². The molecular weight excluding hydrogens is 702 g/mol. The fourth-order valence-electron chi connectivity index (χ4n) is 8.73. The second-order valence-electron chi connectivity index (χ2n) is 16.8. The van der Waals surface area contributed by atoms with E-state index in [2.05, 4.69) is 21.1 Å². The van der Waals surface area contributed by atoms with Crippen molar-refractivity contribution >= 4 is 46.7 Å². The molecule has 3 saturated carbocycles. The lowest BCUT2D eigenvalue weighted by atomic mass is 9.84. The molecule has 1 spiro atoms. The number of rotatable bonds is 14. The summed E-state index contributed by atoms with van der Waals surface area (Å²) in [5.41, 5.74) is -0.711. The molecule has 290 valence electrons. The maximum atomic E-state index is 14.8. The summed E-state index contributed by atoms with van der Waals surface area (Å²) in [5, 5.41) is 13.4. The van der Waals surface area contributed by atoms with Crippen molar-refractivity contribution in [2.75, 3.05) is 20.8 Å². The van der Waals surface area contributed by atoms with E-state index in [0.29, 0.717) is 58.4 Å². The van der Waals surface area contributed by atoms with Gasteiger partial charge in [-0.15, -0.1) is 0 Å². The Kier molecular flexibility index (Phi) is 11.3. The number of ether oxygens (including phenoxy) is 2. The number of nitrogens with zero attached hydrogens (tertiary/aromatic N) is 2. The van der Waals surface area contributed by atoms with Crippen molar-refractivity contribution in [2.24, 2.45) is 28.3 Å². The third-order valence-electron chi connectivity index (χ3n) is 11.7. The summed E-state index contributed by atoms with van der Waals surface area (Å²) in [4.78, 5) is 76.3. The van der Waals surface area contributed by atoms with Gasteiger partial charge in [0, 0.05) is 36.9 Å². The van der Waals surface area contributed by atoms with E-state index >= 15 is 0 Å². The predicted octanol–water partition coefficient (Wildman–Crippen LogP) is 4.31. The topological polar surface area (TPSA) is 165 Å². The van der Waals surface area contributed by atoms with Gasteiger partial charge in [0.1, 0.15) is 23.6 Å². The van der Waals surface area contributed by atoms with Crippen molar-refractivity contribution in [1.82, 2.24) is 20.9 Å². The minimum atomic E-state index is -1.10. The van der Waals surface area contributed by atoms with Gasteiger partial charge in [-0.1, -0.05) is 57.3 Å². The van der Waals surface area contributed by atoms with Crippen LogP contribution in [0.15, 0.2) is 17.3 Å². The number of methoxy groups -OCH3 is 2. The molecule has 2 aliphatic heterocycles. The van der Waals surface area contributed by atoms with E-state index in [1.807, 2.05) is 27.7 Å². The van der Waals surface area contributed by atoms with E-state index in [-0.39, 0.29) is 37.8 Å². The first-order valence-electron chi connectivity index (χ1n) is 19.1. The first-order chi connectivity index (χ1) is 25.1. The van der Waals surface area contributed by atoms with Gasteiger partial charge in [-0.25, -0.2) is 0 Å². The van der Waals surface area contributed by atoms with Crippen LogP contribution in [0.1, 0.15) is 104 Å². The molecule has 2 bridgehead atoms. The van der Waals surface area contributed by atoms with Gasteiger partial charge in [0.25, 0.3) is 5.91 Å². The molecular formula is C39H54ClN5O8. The zero-order valence-electron chi connectivity index (χ0n) is 31.7. The van der Waals surface area contributed by atoms with Crippen LogP contribution in [0.2, 0.25) is 5.02 Å². The molecule has 2 heterocycles. The van der Waals surface area contributed by atoms with Crippen LogP contribution in [-0.4, -0.2) is 90.6 Å². The Bertz CT molecular complexity index is 1660. The van der Waals surface area contributed by atoms with Gasteiger partial charge in [0.15, 0.2) is 5.60 Å². The number of amides is 4. The maximum absolute atomic E-state index is 14.8. The van der Waals surface area contributed by atoms with Crippen LogP contribution >= 0.6 is 11.6 Å². The molecule has 4 fully saturated rings. The highest BCUT2D eigenvalue weighted by molar-refractivity contribution is 6.38. The van der Waals surface area contributed by atoms with Crippen LogP contribution in [0.3, 0.4) is 0 Å². The summed E-state index contributed by atoms with van der Waals surface area (Å²) in [7, 11) is 3.02. The van der Waals surface area contributed by atoms with Crippen molar-refractivity contribution < 1.29 is 38.3 Å². The molecule has 14 heteroatoms. The zero-order chi connectivity index (χ0) is 38.2. The number of oxime groups is 1. The Labute approximate surface area is 316 Å². The van der Waals surface area contributed by atoms with Crippen LogP contribution in [0, 0.1) is 23.2 Å². The van der Waals surface area contributed by atoms with Crippen LogP contribution in [0.5, 0.6) is 11.5 Å². The fourth-order valence-corrected chi connectivity index (χ4v) is 8.97. The van der Waals surface area contributed by atoms with Crippen molar-refractivity contribution in [3.05, 3.63) is 22.7 Å². The predicted molar refractivity (Wildman–Crippen MR) is 198 cm³/mol. The number of likely N-dealkylation sites (tertiary alicyclic amines) is 1. The smallest absolute Gasteiger partial charge is 0.289 e. The van der Waals surface area contributed by atoms with Crippen LogP contribution in [0.25, 0.3) is 0 Å². The number of hydrogen-bond acceptors (Lipinski definition) is 9. The number of hydrogen-bond donors (Lipinski definition) is 3. The van der Waals surface area contributed by atoms with E-state index in [0.717, 1.165) is 25.7 Å². The Hall–Kier alpha value is -3.87. The Morgan fingerprint density at radius 3 is 2.38 bits per heavy atom. The highest BCUT2D eigenvalue weighted by atomic mass is 35.5. The van der Waals surface area contributed by atoms with E-state index in [1.54, 1.807) is 12.1 Å². The molecule has 1 aromatic rings. The molecule has 3 unspecified atom stereocenters. The third kappa shape index (κ3) is 8.44. The SMILES string of the molecule is CCC[C@H](NC(=O)[C@@H]1C[C@]2(CC(c3cc(Cl)c(OC)cc3OC)=NO2)CN1C(=O)[C@@H](NC(=O)CC1CC2CCC1C2)C(C)(C)C)C(=O)C(=O)NC1CC1. The van der Waals surface area contributed by atoms with E-state index in [4.69, 9.17) is 25.9 Å². The van der Waals surface area contributed by atoms with E-state index in [9.17, 15) is 24.0 Å². The first-order valence-corrected chi connectivity index (χ1v) is 19.4. The van der Waals surface area contributed by atoms with E-state index < -0.39 is 52.6 Å². The molecule has 53 heavy (non-hydrogen) atoms. The Morgan fingerprint density at radius 1 is 1.04 bits per heavy atom. The standard InChI is InChI=1S/C39H54ClN5O8/c1-7-8-27(33(47)36(49)41-24-11-12-24)42-35(48)29-19-39(18-28(44-53-39)25-16-26(40)31(52-6)17-30(25)51-5)20-45(29)37(50)34(38(2,3)4)43-32(46)15-23-14-21-9-10-22(23)13-21/h16-17,21-24,27,29,34H,7-15,18-20H2,1-6H3,(H,41,49)(H,42,48)(H,43,46)/t21?,22?,23?,27-,29-,34+,39+/m0/s1. The summed E-state index contributed by atoms with van der Waals surface area (Å²) in [6.07, 6.45) is 7.67. The Balaban J connectivity index is 1.25. The lowest BCUT2D eigenvalue weighted by Crippen LogP contribution is -2.59. The van der Waals surface area contributed by atoms with Crippen molar-refractivity contribution in [3.63, 3.8) is 0 Å². The minimum absolute atomic E-state index is 0.00743.